The first-order chi connectivity index (χ1) is 8.04. The molecule has 0 radical (unpaired) electrons. The van der Waals surface area contributed by atoms with Crippen molar-refractivity contribution in [2.24, 2.45) is 5.73 Å². The summed E-state index contributed by atoms with van der Waals surface area (Å²) < 4.78 is 26.0. The number of hydrogen-bond donors (Lipinski definition) is 1. The molecule has 0 aromatic heterocycles. The fourth-order valence-electron chi connectivity index (χ4n) is 2.02. The largest absolute Gasteiger partial charge is 0.326 e. The van der Waals surface area contributed by atoms with E-state index >= 15 is 0 Å². The summed E-state index contributed by atoms with van der Waals surface area (Å²) in [5, 5.41) is 0. The Labute approximate surface area is 115 Å². The van der Waals surface area contributed by atoms with Crippen molar-refractivity contribution in [3.05, 3.63) is 29.8 Å². The van der Waals surface area contributed by atoms with Crippen molar-refractivity contribution in [3.63, 3.8) is 0 Å². The van der Waals surface area contributed by atoms with Crippen molar-refractivity contribution < 1.29 is 8.42 Å². The van der Waals surface area contributed by atoms with Crippen molar-refractivity contribution in [1.29, 1.82) is 0 Å². The molecule has 4 nitrogen and oxygen atoms in total. The van der Waals surface area contributed by atoms with Crippen molar-refractivity contribution in [2.45, 2.75) is 30.7 Å². The highest BCUT2D eigenvalue weighted by atomic mass is 35.5. The van der Waals surface area contributed by atoms with Crippen molar-refractivity contribution >= 4 is 22.4 Å². The Morgan fingerprint density at radius 1 is 1.33 bits per heavy atom. The zero-order chi connectivity index (χ0) is 12.5. The lowest BCUT2D eigenvalue weighted by atomic mass is 10.2. The molecule has 1 saturated heterocycles. The average molecular weight is 291 g/mol. The Hall–Kier alpha value is -0.620. The number of nitrogens with two attached hydrogens (primary N) is 1. The van der Waals surface area contributed by atoms with Crippen LogP contribution in [0.1, 0.15) is 18.9 Å². The molecule has 0 spiro atoms. The molecular formula is C12H19ClN2O2S. The number of hydrogen-bond acceptors (Lipinski definition) is 3. The quantitative estimate of drug-likeness (QED) is 0.915. The van der Waals surface area contributed by atoms with Gasteiger partial charge in [0.1, 0.15) is 0 Å². The monoisotopic (exact) mass is 290 g/mol. The van der Waals surface area contributed by atoms with E-state index in [2.05, 4.69) is 0 Å². The molecule has 0 saturated carbocycles. The maximum absolute atomic E-state index is 12.2. The molecule has 1 aromatic rings. The minimum absolute atomic E-state index is 0. The van der Waals surface area contributed by atoms with Crippen LogP contribution in [0.25, 0.3) is 0 Å². The molecule has 1 atom stereocenters. The van der Waals surface area contributed by atoms with E-state index < -0.39 is 10.0 Å². The molecule has 0 aliphatic carbocycles. The molecule has 0 bridgehead atoms. The van der Waals surface area contributed by atoms with Gasteiger partial charge in [-0.25, -0.2) is 8.42 Å². The fraction of sp³-hybridized carbons (Fsp3) is 0.500. The van der Waals surface area contributed by atoms with Crippen LogP contribution in [0.15, 0.2) is 29.2 Å². The molecule has 1 aliphatic heterocycles. The van der Waals surface area contributed by atoms with Gasteiger partial charge in [-0.3, -0.25) is 0 Å². The summed E-state index contributed by atoms with van der Waals surface area (Å²) >= 11 is 0. The summed E-state index contributed by atoms with van der Waals surface area (Å²) in [4.78, 5) is 0.365. The lowest BCUT2D eigenvalue weighted by molar-refractivity contribution is 0.472. The molecule has 1 aliphatic rings. The Balaban J connectivity index is 0.00000162. The van der Waals surface area contributed by atoms with Crippen LogP contribution in [0, 0.1) is 0 Å². The second-order valence-electron chi connectivity index (χ2n) is 4.41. The van der Waals surface area contributed by atoms with Crippen LogP contribution in [0.3, 0.4) is 0 Å². The summed E-state index contributed by atoms with van der Waals surface area (Å²) in [7, 11) is -3.34. The number of benzene rings is 1. The molecule has 1 fully saturated rings. The van der Waals surface area contributed by atoms with Crippen molar-refractivity contribution in [1.82, 2.24) is 4.31 Å². The topological polar surface area (TPSA) is 63.4 Å². The van der Waals surface area contributed by atoms with Gasteiger partial charge < -0.3 is 5.73 Å². The highest BCUT2D eigenvalue weighted by molar-refractivity contribution is 7.89. The van der Waals surface area contributed by atoms with Crippen LogP contribution in [0.4, 0.5) is 0 Å². The van der Waals surface area contributed by atoms with E-state index in [0.29, 0.717) is 18.0 Å². The molecule has 1 aromatic carbocycles. The number of aryl methyl sites for hydroxylation is 1. The van der Waals surface area contributed by atoms with Gasteiger partial charge in [0.2, 0.25) is 10.0 Å². The Bertz CT molecular complexity index is 487. The molecule has 2 rings (SSSR count). The summed E-state index contributed by atoms with van der Waals surface area (Å²) in [5.74, 6) is 0. The van der Waals surface area contributed by atoms with Crippen LogP contribution in [0.2, 0.25) is 0 Å². The summed E-state index contributed by atoms with van der Waals surface area (Å²) in [5.41, 5.74) is 6.88. The normalized spacial score (nSPS) is 20.7. The maximum atomic E-state index is 12.2. The van der Waals surface area contributed by atoms with E-state index in [1.165, 1.54) is 4.31 Å². The Kier molecular flexibility index (Phi) is 5.16. The van der Waals surface area contributed by atoms with Gasteiger partial charge >= 0.3 is 0 Å². The van der Waals surface area contributed by atoms with Gasteiger partial charge in [0.25, 0.3) is 0 Å². The minimum atomic E-state index is -3.34. The predicted octanol–water partition coefficient (Wildman–Crippen LogP) is 1.39. The molecule has 102 valence electrons. The summed E-state index contributed by atoms with van der Waals surface area (Å²) in [6.07, 6.45) is 1.65. The van der Waals surface area contributed by atoms with E-state index in [1.54, 1.807) is 12.1 Å². The Morgan fingerprint density at radius 3 is 2.39 bits per heavy atom. The third-order valence-corrected chi connectivity index (χ3v) is 5.04. The summed E-state index contributed by atoms with van der Waals surface area (Å²) in [6, 6.07) is 7.06. The van der Waals surface area contributed by atoms with Gasteiger partial charge in [0, 0.05) is 19.1 Å². The second-order valence-corrected chi connectivity index (χ2v) is 6.35. The molecule has 1 unspecified atom stereocenters. The second kappa shape index (κ2) is 6.02. The van der Waals surface area contributed by atoms with Crippen LogP contribution in [0.5, 0.6) is 0 Å². The SMILES string of the molecule is CCc1ccc(S(=O)(=O)N2CCC(N)C2)cc1.Cl. The molecular weight excluding hydrogens is 272 g/mol. The van der Waals surface area contributed by atoms with Crippen LogP contribution >= 0.6 is 12.4 Å². The molecule has 2 N–H and O–H groups in total. The zero-order valence-electron chi connectivity index (χ0n) is 10.4. The van der Waals surface area contributed by atoms with E-state index in [-0.39, 0.29) is 18.4 Å². The smallest absolute Gasteiger partial charge is 0.243 e. The standard InChI is InChI=1S/C12H18N2O2S.ClH/c1-2-10-3-5-12(6-4-10)17(15,16)14-8-7-11(13)9-14;/h3-6,11H,2,7-9,13H2,1H3;1H. The molecule has 18 heavy (non-hydrogen) atoms. The zero-order valence-corrected chi connectivity index (χ0v) is 12.0. The van der Waals surface area contributed by atoms with Gasteiger partial charge in [-0.1, -0.05) is 19.1 Å². The number of halogens is 1. The maximum Gasteiger partial charge on any atom is 0.243 e. The molecule has 1 heterocycles. The lowest BCUT2D eigenvalue weighted by Gasteiger charge is -2.16. The third kappa shape index (κ3) is 3.03. The van der Waals surface area contributed by atoms with E-state index in [4.69, 9.17) is 5.73 Å². The molecule has 0 amide bonds. The van der Waals surface area contributed by atoms with Crippen LogP contribution in [-0.4, -0.2) is 31.9 Å². The van der Waals surface area contributed by atoms with Crippen molar-refractivity contribution in [3.8, 4) is 0 Å². The number of rotatable bonds is 3. The minimum Gasteiger partial charge on any atom is -0.326 e. The lowest BCUT2D eigenvalue weighted by Crippen LogP contribution is -2.31. The third-order valence-electron chi connectivity index (χ3n) is 3.16. The van der Waals surface area contributed by atoms with Gasteiger partial charge in [-0.05, 0) is 30.5 Å². The first kappa shape index (κ1) is 15.4. The van der Waals surface area contributed by atoms with Gasteiger partial charge in [-0.15, -0.1) is 12.4 Å². The van der Waals surface area contributed by atoms with Crippen LogP contribution in [-0.2, 0) is 16.4 Å². The highest BCUT2D eigenvalue weighted by Crippen LogP contribution is 2.20. The highest BCUT2D eigenvalue weighted by Gasteiger charge is 2.30. The molecule has 6 heteroatoms. The average Bonchev–Trinajstić information content (AvgIpc) is 2.77. The Morgan fingerprint density at radius 2 is 1.94 bits per heavy atom. The first-order valence-corrected chi connectivity index (χ1v) is 7.32. The predicted molar refractivity (Wildman–Crippen MR) is 74.4 cm³/mol. The fourth-order valence-corrected chi connectivity index (χ4v) is 3.53. The number of nitrogens with zero attached hydrogens (tertiary/aromatic N) is 1. The van der Waals surface area contributed by atoms with E-state index in [1.807, 2.05) is 19.1 Å². The van der Waals surface area contributed by atoms with Gasteiger partial charge in [0.05, 0.1) is 4.90 Å². The first-order valence-electron chi connectivity index (χ1n) is 5.88. The van der Waals surface area contributed by atoms with E-state index in [0.717, 1.165) is 18.4 Å². The van der Waals surface area contributed by atoms with E-state index in [9.17, 15) is 8.42 Å². The van der Waals surface area contributed by atoms with Gasteiger partial charge in [0.15, 0.2) is 0 Å². The van der Waals surface area contributed by atoms with Gasteiger partial charge in [-0.2, -0.15) is 4.31 Å². The number of sulfonamides is 1. The summed E-state index contributed by atoms with van der Waals surface area (Å²) in [6.45, 7) is 3.00. The van der Waals surface area contributed by atoms with Crippen LogP contribution < -0.4 is 5.73 Å². The van der Waals surface area contributed by atoms with Crippen molar-refractivity contribution in [2.75, 3.05) is 13.1 Å².